The van der Waals surface area contributed by atoms with Crippen LogP contribution in [0.5, 0.6) is 0 Å². The van der Waals surface area contributed by atoms with Crippen LogP contribution in [0, 0.1) is 0 Å². The number of carbonyl (C=O) groups excluding carboxylic acids is 1. The zero-order valence-corrected chi connectivity index (χ0v) is 21.4. The van der Waals surface area contributed by atoms with Gasteiger partial charge in [0.1, 0.15) is 17.8 Å². The summed E-state index contributed by atoms with van der Waals surface area (Å²) in [5, 5.41) is 0. The summed E-state index contributed by atoms with van der Waals surface area (Å²) in [7, 11) is 0. The molecule has 0 spiro atoms. The van der Waals surface area contributed by atoms with E-state index in [1.807, 2.05) is 71.0 Å². The monoisotopic (exact) mass is 465 g/mol. The molecule has 1 fully saturated rings. The van der Waals surface area contributed by atoms with E-state index < -0.39 is 11.4 Å². The second kappa shape index (κ2) is 10.9. The van der Waals surface area contributed by atoms with E-state index in [0.29, 0.717) is 6.54 Å². The first kappa shape index (κ1) is 26.1. The predicted molar refractivity (Wildman–Crippen MR) is 135 cm³/mol. The third-order valence-electron chi connectivity index (χ3n) is 5.98. The Labute approximate surface area is 204 Å². The maximum Gasteiger partial charge on any atom is 0.308 e. The zero-order valence-electron chi connectivity index (χ0n) is 21.4. The third-order valence-corrected chi connectivity index (χ3v) is 5.98. The van der Waals surface area contributed by atoms with Gasteiger partial charge in [-0.05, 0) is 52.7 Å². The van der Waals surface area contributed by atoms with Crippen LogP contribution in [0.1, 0.15) is 65.1 Å². The molecule has 5 heteroatoms. The van der Waals surface area contributed by atoms with Gasteiger partial charge in [-0.2, -0.15) is 0 Å². The summed E-state index contributed by atoms with van der Waals surface area (Å²) >= 11 is 0. The van der Waals surface area contributed by atoms with Gasteiger partial charge >= 0.3 is 5.97 Å². The molecule has 0 aromatic heterocycles. The van der Waals surface area contributed by atoms with Crippen LogP contribution in [0.15, 0.2) is 73.3 Å². The Kier molecular flexibility index (Phi) is 8.34. The molecule has 4 atom stereocenters. The lowest BCUT2D eigenvalue weighted by atomic mass is 9.95. The molecule has 34 heavy (non-hydrogen) atoms. The largest absolute Gasteiger partial charge is 0.460 e. The Morgan fingerprint density at radius 1 is 1.09 bits per heavy atom. The molecule has 0 bridgehead atoms. The van der Waals surface area contributed by atoms with Crippen molar-refractivity contribution >= 4 is 5.97 Å². The Balaban J connectivity index is 2.03. The molecule has 1 saturated heterocycles. The van der Waals surface area contributed by atoms with Crippen molar-refractivity contribution in [2.75, 3.05) is 0 Å². The highest BCUT2D eigenvalue weighted by Crippen LogP contribution is 2.37. The number of nitrogens with zero attached hydrogens (tertiary/aromatic N) is 1. The molecule has 0 unspecified atom stereocenters. The molecule has 2 aromatic carbocycles. The molecule has 0 radical (unpaired) electrons. The first-order valence-corrected chi connectivity index (χ1v) is 12.0. The Morgan fingerprint density at radius 3 is 2.24 bits per heavy atom. The molecule has 2 aromatic rings. The number of benzene rings is 2. The highest BCUT2D eigenvalue weighted by molar-refractivity contribution is 5.70. The van der Waals surface area contributed by atoms with E-state index in [1.54, 1.807) is 6.08 Å². The molecule has 0 amide bonds. The summed E-state index contributed by atoms with van der Waals surface area (Å²) < 4.78 is 18.3. The van der Waals surface area contributed by atoms with Gasteiger partial charge in [0.15, 0.2) is 5.79 Å². The molecule has 1 aliphatic heterocycles. The number of hydrogen-bond acceptors (Lipinski definition) is 5. The number of ether oxygens (including phenoxy) is 3. The van der Waals surface area contributed by atoms with Gasteiger partial charge in [-0.3, -0.25) is 9.69 Å². The van der Waals surface area contributed by atoms with Crippen molar-refractivity contribution in [3.05, 3.63) is 84.4 Å². The summed E-state index contributed by atoms with van der Waals surface area (Å²) in [5.74, 6) is -1.03. The first-order chi connectivity index (χ1) is 16.0. The maximum absolute atomic E-state index is 13.1. The predicted octanol–water partition coefficient (Wildman–Crippen LogP) is 6.06. The fraction of sp³-hybridized carbons (Fsp3) is 0.483. The van der Waals surface area contributed by atoms with Gasteiger partial charge in [0.2, 0.25) is 0 Å². The molecule has 5 nitrogen and oxygen atoms in total. The van der Waals surface area contributed by atoms with Crippen molar-refractivity contribution < 1.29 is 19.0 Å². The maximum atomic E-state index is 13.1. The van der Waals surface area contributed by atoms with Crippen LogP contribution >= 0.6 is 0 Å². The number of hydrogen-bond donors (Lipinski definition) is 0. The minimum Gasteiger partial charge on any atom is -0.460 e. The fourth-order valence-electron chi connectivity index (χ4n) is 4.53. The average molecular weight is 466 g/mol. The SMILES string of the molecule is C=C[C@H]1OC(C)(C)O[C@H]1[C@@H](CC(=O)OC(C)(C)C)N(Cc1ccccc1)[C@@H](C)c1ccccc1. The molecule has 184 valence electrons. The van der Waals surface area contributed by atoms with Crippen molar-refractivity contribution in [2.24, 2.45) is 0 Å². The van der Waals surface area contributed by atoms with Crippen molar-refractivity contribution in [1.82, 2.24) is 4.90 Å². The lowest BCUT2D eigenvalue weighted by Crippen LogP contribution is -2.49. The molecule has 0 saturated carbocycles. The number of rotatable bonds is 9. The van der Waals surface area contributed by atoms with E-state index >= 15 is 0 Å². The molecule has 0 aliphatic carbocycles. The van der Waals surface area contributed by atoms with Crippen LogP contribution in [0.2, 0.25) is 0 Å². The van der Waals surface area contributed by atoms with Crippen molar-refractivity contribution in [2.45, 2.75) is 90.2 Å². The van der Waals surface area contributed by atoms with Gasteiger partial charge < -0.3 is 14.2 Å². The van der Waals surface area contributed by atoms with Gasteiger partial charge in [0.05, 0.1) is 12.5 Å². The average Bonchev–Trinajstić information content (AvgIpc) is 3.10. The summed E-state index contributed by atoms with van der Waals surface area (Å²) in [6.07, 6.45) is 1.23. The van der Waals surface area contributed by atoms with Crippen LogP contribution in [-0.2, 0) is 25.5 Å². The van der Waals surface area contributed by atoms with Crippen LogP contribution < -0.4 is 0 Å². The van der Waals surface area contributed by atoms with Crippen molar-refractivity contribution in [3.63, 3.8) is 0 Å². The van der Waals surface area contributed by atoms with Gasteiger partial charge in [0, 0.05) is 12.6 Å². The van der Waals surface area contributed by atoms with Gasteiger partial charge in [-0.25, -0.2) is 0 Å². The van der Waals surface area contributed by atoms with Gasteiger partial charge in [-0.1, -0.05) is 66.7 Å². The quantitative estimate of drug-likeness (QED) is 0.333. The molecular weight excluding hydrogens is 426 g/mol. The Morgan fingerprint density at radius 2 is 1.68 bits per heavy atom. The van der Waals surface area contributed by atoms with E-state index in [-0.39, 0.29) is 36.7 Å². The number of carbonyl (C=O) groups is 1. The molecular formula is C29H39NO4. The van der Waals surface area contributed by atoms with E-state index in [4.69, 9.17) is 14.2 Å². The normalized spacial score (nSPS) is 21.7. The van der Waals surface area contributed by atoms with Crippen LogP contribution in [0.25, 0.3) is 0 Å². The highest BCUT2D eigenvalue weighted by atomic mass is 16.8. The zero-order chi connectivity index (χ0) is 24.9. The van der Waals surface area contributed by atoms with Crippen LogP contribution in [0.3, 0.4) is 0 Å². The lowest BCUT2D eigenvalue weighted by molar-refractivity contribution is -0.164. The molecule has 1 aliphatic rings. The van der Waals surface area contributed by atoms with E-state index in [0.717, 1.165) is 5.56 Å². The van der Waals surface area contributed by atoms with Crippen molar-refractivity contribution in [3.8, 4) is 0 Å². The Hall–Kier alpha value is -2.47. The third kappa shape index (κ3) is 7.02. The first-order valence-electron chi connectivity index (χ1n) is 12.0. The summed E-state index contributed by atoms with van der Waals surface area (Å²) in [4.78, 5) is 15.5. The summed E-state index contributed by atoms with van der Waals surface area (Å²) in [6, 6.07) is 20.4. The Bertz CT molecular complexity index is 936. The number of esters is 1. The second-order valence-corrected chi connectivity index (χ2v) is 10.4. The van der Waals surface area contributed by atoms with Gasteiger partial charge in [-0.15, -0.1) is 6.58 Å². The molecule has 1 heterocycles. The minimum atomic E-state index is -0.774. The minimum absolute atomic E-state index is 0.0200. The van der Waals surface area contributed by atoms with E-state index in [1.165, 1.54) is 5.56 Å². The van der Waals surface area contributed by atoms with Gasteiger partial charge in [0.25, 0.3) is 0 Å². The smallest absolute Gasteiger partial charge is 0.308 e. The van der Waals surface area contributed by atoms with Crippen molar-refractivity contribution in [1.29, 1.82) is 0 Å². The summed E-state index contributed by atoms with van der Waals surface area (Å²) in [6.45, 7) is 16.3. The van der Waals surface area contributed by atoms with E-state index in [9.17, 15) is 4.79 Å². The van der Waals surface area contributed by atoms with E-state index in [2.05, 4.69) is 42.7 Å². The lowest BCUT2D eigenvalue weighted by Gasteiger charge is -2.40. The standard InChI is InChI=1S/C29H39NO4/c1-8-25-27(34-29(6,7)32-25)24(19-26(31)33-28(3,4)5)30(20-22-15-11-9-12-16-22)21(2)23-17-13-10-14-18-23/h8-18,21,24-25,27H,1,19-20H2,2-7H3/t21-,24+,25+,27-/m0/s1. The van der Waals surface area contributed by atoms with Crippen LogP contribution in [-0.4, -0.2) is 40.5 Å². The highest BCUT2D eigenvalue weighted by Gasteiger charge is 2.47. The topological polar surface area (TPSA) is 48.0 Å². The molecule has 0 N–H and O–H groups in total. The second-order valence-electron chi connectivity index (χ2n) is 10.4. The fourth-order valence-corrected chi connectivity index (χ4v) is 4.53. The molecule has 3 rings (SSSR count). The van der Waals surface area contributed by atoms with Crippen LogP contribution in [0.4, 0.5) is 0 Å². The summed E-state index contributed by atoms with van der Waals surface area (Å²) in [5.41, 5.74) is 1.76.